The quantitative estimate of drug-likeness (QED) is 0.464. The van der Waals surface area contributed by atoms with Crippen molar-refractivity contribution in [2.24, 2.45) is 0 Å². The fraction of sp³-hybridized carbons (Fsp3) is 0.238. The average Bonchev–Trinajstić information content (AvgIpc) is 2.75. The monoisotopic (exact) mass is 462 g/mol. The fourth-order valence-corrected chi connectivity index (χ4v) is 3.63. The lowest BCUT2D eigenvalue weighted by Gasteiger charge is -2.22. The SMILES string of the molecule is COC(=O)c1ccc(C(=O)OC)c(NC(=O)CN(c2cccc(C(C)=O)c2)S(C)(=O)=O)c1. The van der Waals surface area contributed by atoms with E-state index in [2.05, 4.69) is 14.8 Å². The van der Waals surface area contributed by atoms with Crippen molar-refractivity contribution in [3.05, 3.63) is 59.2 Å². The summed E-state index contributed by atoms with van der Waals surface area (Å²) in [7, 11) is -1.59. The van der Waals surface area contributed by atoms with Crippen molar-refractivity contribution in [3.8, 4) is 0 Å². The lowest BCUT2D eigenvalue weighted by Crippen LogP contribution is -2.37. The van der Waals surface area contributed by atoms with Crippen LogP contribution >= 0.6 is 0 Å². The standard InChI is InChI=1S/C21H22N2O8S/c1-13(24)14-6-5-7-16(10-14)23(32(4,28)29)12-19(25)22-18-11-15(20(26)30-2)8-9-17(18)21(27)31-3/h5-11H,12H2,1-4H3,(H,22,25). The van der Waals surface area contributed by atoms with Crippen molar-refractivity contribution in [1.82, 2.24) is 0 Å². The van der Waals surface area contributed by atoms with Crippen molar-refractivity contribution in [3.63, 3.8) is 0 Å². The number of nitrogens with zero attached hydrogens (tertiary/aromatic N) is 1. The number of rotatable bonds is 8. The lowest BCUT2D eigenvalue weighted by molar-refractivity contribution is -0.114. The van der Waals surface area contributed by atoms with Crippen LogP contribution in [0.4, 0.5) is 11.4 Å². The minimum atomic E-state index is -3.91. The summed E-state index contributed by atoms with van der Waals surface area (Å²) in [6.45, 7) is 0.683. The second-order valence-corrected chi connectivity index (χ2v) is 8.57. The van der Waals surface area contributed by atoms with E-state index in [1.54, 1.807) is 0 Å². The summed E-state index contributed by atoms with van der Waals surface area (Å²) in [6.07, 6.45) is 0.915. The largest absolute Gasteiger partial charge is 0.465 e. The molecule has 2 aromatic rings. The topological polar surface area (TPSA) is 136 Å². The highest BCUT2D eigenvalue weighted by Gasteiger charge is 2.23. The van der Waals surface area contributed by atoms with Gasteiger partial charge < -0.3 is 14.8 Å². The van der Waals surface area contributed by atoms with Crippen LogP contribution in [0.1, 0.15) is 38.0 Å². The molecule has 0 fully saturated rings. The van der Waals surface area contributed by atoms with Crippen LogP contribution in [0.25, 0.3) is 0 Å². The van der Waals surface area contributed by atoms with Gasteiger partial charge in [0.25, 0.3) is 0 Å². The molecule has 0 saturated carbocycles. The van der Waals surface area contributed by atoms with Crippen molar-refractivity contribution in [1.29, 1.82) is 0 Å². The van der Waals surface area contributed by atoms with E-state index in [1.165, 1.54) is 56.5 Å². The molecule has 0 spiro atoms. The molecule has 0 aromatic heterocycles. The molecule has 0 atom stereocenters. The zero-order valence-corrected chi connectivity index (χ0v) is 18.7. The van der Waals surface area contributed by atoms with Crippen LogP contribution in [0.5, 0.6) is 0 Å². The third kappa shape index (κ3) is 5.91. The first-order valence-electron chi connectivity index (χ1n) is 9.17. The second-order valence-electron chi connectivity index (χ2n) is 6.67. The number of hydrogen-bond acceptors (Lipinski definition) is 8. The number of sulfonamides is 1. The summed E-state index contributed by atoms with van der Waals surface area (Å²) in [4.78, 5) is 48.2. The van der Waals surface area contributed by atoms with Crippen molar-refractivity contribution < 1.29 is 37.1 Å². The Hall–Kier alpha value is -3.73. The van der Waals surface area contributed by atoms with Gasteiger partial charge in [-0.2, -0.15) is 0 Å². The third-order valence-electron chi connectivity index (χ3n) is 4.35. The highest BCUT2D eigenvalue weighted by Crippen LogP contribution is 2.22. The van der Waals surface area contributed by atoms with Crippen LogP contribution in [0.15, 0.2) is 42.5 Å². The number of ketones is 1. The van der Waals surface area contributed by atoms with Gasteiger partial charge in [-0.15, -0.1) is 0 Å². The number of anilines is 2. The Balaban J connectivity index is 2.40. The Labute approximate surface area is 185 Å². The second kappa shape index (κ2) is 10.1. The number of hydrogen-bond donors (Lipinski definition) is 1. The Kier molecular flexibility index (Phi) is 7.71. The Morgan fingerprint density at radius 2 is 1.59 bits per heavy atom. The van der Waals surface area contributed by atoms with E-state index in [9.17, 15) is 27.6 Å². The molecule has 11 heteroatoms. The molecule has 2 rings (SSSR count). The van der Waals surface area contributed by atoms with Crippen molar-refractivity contribution >= 4 is 45.0 Å². The molecular weight excluding hydrogens is 440 g/mol. The molecule has 0 bridgehead atoms. The third-order valence-corrected chi connectivity index (χ3v) is 5.49. The summed E-state index contributed by atoms with van der Waals surface area (Å²) in [6, 6.07) is 9.64. The normalized spacial score (nSPS) is 10.8. The first-order chi connectivity index (χ1) is 15.0. The number of Topliss-reactive ketones (excluding diaryl/α,β-unsaturated/α-hetero) is 1. The molecule has 0 saturated heterocycles. The van der Waals surface area contributed by atoms with Gasteiger partial charge in [-0.3, -0.25) is 13.9 Å². The highest BCUT2D eigenvalue weighted by atomic mass is 32.2. The number of benzene rings is 2. The number of ether oxygens (including phenoxy) is 2. The number of methoxy groups -OCH3 is 2. The van der Waals surface area contributed by atoms with Crippen molar-refractivity contribution in [2.75, 3.05) is 36.6 Å². The lowest BCUT2D eigenvalue weighted by atomic mass is 10.1. The van der Waals surface area contributed by atoms with Gasteiger partial charge in [-0.05, 0) is 37.3 Å². The van der Waals surface area contributed by atoms with Gasteiger partial charge in [-0.1, -0.05) is 12.1 Å². The van der Waals surface area contributed by atoms with Gasteiger partial charge in [0.1, 0.15) is 6.54 Å². The van der Waals surface area contributed by atoms with E-state index in [0.29, 0.717) is 0 Å². The van der Waals surface area contributed by atoms with Gasteiger partial charge >= 0.3 is 11.9 Å². The maximum absolute atomic E-state index is 12.7. The van der Waals surface area contributed by atoms with Crippen LogP contribution in [0.2, 0.25) is 0 Å². The Bertz CT molecular complexity index is 1170. The van der Waals surface area contributed by atoms with E-state index in [-0.39, 0.29) is 33.8 Å². The van der Waals surface area contributed by atoms with Crippen LogP contribution in [-0.4, -0.2) is 59.1 Å². The van der Waals surface area contributed by atoms with E-state index < -0.39 is 34.4 Å². The molecule has 0 unspecified atom stereocenters. The van der Waals surface area contributed by atoms with Gasteiger partial charge in [0.05, 0.1) is 43.0 Å². The first kappa shape index (κ1) is 24.5. The number of esters is 2. The molecule has 0 heterocycles. The summed E-state index contributed by atoms with van der Waals surface area (Å²) >= 11 is 0. The summed E-state index contributed by atoms with van der Waals surface area (Å²) in [5.74, 6) is -2.54. The zero-order chi connectivity index (χ0) is 24.1. The predicted octanol–water partition coefficient (Wildman–Crippen LogP) is 1.87. The van der Waals surface area contributed by atoms with E-state index >= 15 is 0 Å². The maximum Gasteiger partial charge on any atom is 0.339 e. The maximum atomic E-state index is 12.7. The molecule has 1 amide bonds. The van der Waals surface area contributed by atoms with Crippen molar-refractivity contribution in [2.45, 2.75) is 6.92 Å². The molecular formula is C21H22N2O8S. The molecule has 0 aliphatic heterocycles. The zero-order valence-electron chi connectivity index (χ0n) is 17.9. The van der Waals surface area contributed by atoms with E-state index in [0.717, 1.165) is 17.7 Å². The van der Waals surface area contributed by atoms with E-state index in [4.69, 9.17) is 0 Å². The van der Waals surface area contributed by atoms with Gasteiger partial charge in [0.15, 0.2) is 5.78 Å². The first-order valence-corrected chi connectivity index (χ1v) is 11.0. The molecule has 0 radical (unpaired) electrons. The van der Waals surface area contributed by atoms with Crippen LogP contribution in [0, 0.1) is 0 Å². The Morgan fingerprint density at radius 1 is 0.938 bits per heavy atom. The van der Waals surface area contributed by atoms with Crippen LogP contribution in [-0.2, 0) is 24.3 Å². The minimum absolute atomic E-state index is 0.0435. The molecule has 0 aliphatic rings. The summed E-state index contributed by atoms with van der Waals surface area (Å²) in [5, 5.41) is 2.43. The van der Waals surface area contributed by atoms with Gasteiger partial charge in [0.2, 0.25) is 15.9 Å². The number of amides is 1. The summed E-state index contributed by atoms with van der Waals surface area (Å²) in [5.41, 5.74) is 0.348. The number of carbonyl (C=O) groups excluding carboxylic acids is 4. The molecule has 0 aliphatic carbocycles. The predicted molar refractivity (Wildman–Crippen MR) is 116 cm³/mol. The van der Waals surface area contributed by atoms with Crippen LogP contribution in [0.3, 0.4) is 0 Å². The van der Waals surface area contributed by atoms with Gasteiger partial charge in [-0.25, -0.2) is 18.0 Å². The number of carbonyl (C=O) groups is 4. The molecule has 1 N–H and O–H groups in total. The average molecular weight is 462 g/mol. The minimum Gasteiger partial charge on any atom is -0.465 e. The van der Waals surface area contributed by atoms with Gasteiger partial charge in [0, 0.05) is 5.56 Å². The summed E-state index contributed by atoms with van der Waals surface area (Å²) < 4.78 is 34.8. The fourth-order valence-electron chi connectivity index (χ4n) is 2.78. The number of nitrogens with one attached hydrogen (secondary N) is 1. The molecule has 10 nitrogen and oxygen atoms in total. The van der Waals surface area contributed by atoms with Crippen LogP contribution < -0.4 is 9.62 Å². The Morgan fingerprint density at radius 3 is 2.16 bits per heavy atom. The van der Waals surface area contributed by atoms with E-state index in [1.807, 2.05) is 0 Å². The smallest absolute Gasteiger partial charge is 0.339 e. The highest BCUT2D eigenvalue weighted by molar-refractivity contribution is 7.92. The molecule has 32 heavy (non-hydrogen) atoms. The molecule has 2 aromatic carbocycles. The molecule has 170 valence electrons.